The summed E-state index contributed by atoms with van der Waals surface area (Å²) in [5.41, 5.74) is 0. The lowest BCUT2D eigenvalue weighted by molar-refractivity contribution is 0.110. The molecular formula is C6H16O3. The number of hydrogen-bond acceptors (Lipinski definition) is 3. The molecule has 9 heavy (non-hydrogen) atoms. The van der Waals surface area contributed by atoms with Crippen LogP contribution >= 0.6 is 0 Å². The molecule has 0 saturated carbocycles. The topological polar surface area (TPSA) is 60.7 Å². The van der Waals surface area contributed by atoms with Crippen LogP contribution in [0.2, 0.25) is 0 Å². The van der Waals surface area contributed by atoms with Gasteiger partial charge in [0.05, 0.1) is 12.7 Å². The van der Waals surface area contributed by atoms with Crippen LogP contribution in [0.15, 0.2) is 0 Å². The summed E-state index contributed by atoms with van der Waals surface area (Å²) < 4.78 is 0. The fourth-order valence-corrected chi connectivity index (χ4v) is 0. The molecule has 0 aromatic rings. The molecule has 0 aromatic carbocycles. The standard InChI is InChI=1S/C3H8O2.C3H8O/c1-3(5)2-4;1-3(2)4/h3-5H,2H2,1H3;3-4H,1-2H3. The second-order valence-corrected chi connectivity index (χ2v) is 2.13. The van der Waals surface area contributed by atoms with Crippen LogP contribution in [-0.4, -0.2) is 34.1 Å². The zero-order chi connectivity index (χ0) is 7.86. The molecule has 3 heteroatoms. The van der Waals surface area contributed by atoms with E-state index in [0.717, 1.165) is 0 Å². The zero-order valence-corrected chi connectivity index (χ0v) is 6.20. The van der Waals surface area contributed by atoms with E-state index in [1.54, 1.807) is 13.8 Å². The Balaban J connectivity index is 0. The average molecular weight is 136 g/mol. The molecule has 0 aliphatic carbocycles. The van der Waals surface area contributed by atoms with E-state index >= 15 is 0 Å². The Hall–Kier alpha value is -0.120. The normalized spacial score (nSPS) is 12.3. The van der Waals surface area contributed by atoms with E-state index in [2.05, 4.69) is 0 Å². The van der Waals surface area contributed by atoms with Crippen LogP contribution in [0.5, 0.6) is 0 Å². The minimum atomic E-state index is -0.560. The summed E-state index contributed by atoms with van der Waals surface area (Å²) in [6.07, 6.45) is -0.727. The maximum atomic E-state index is 8.11. The minimum Gasteiger partial charge on any atom is -0.394 e. The molecule has 0 saturated heterocycles. The largest absolute Gasteiger partial charge is 0.394 e. The van der Waals surface area contributed by atoms with Gasteiger partial charge in [-0.05, 0) is 20.8 Å². The van der Waals surface area contributed by atoms with Gasteiger partial charge in [-0.2, -0.15) is 0 Å². The van der Waals surface area contributed by atoms with Crippen molar-refractivity contribution >= 4 is 0 Å². The van der Waals surface area contributed by atoms with E-state index in [4.69, 9.17) is 15.3 Å². The van der Waals surface area contributed by atoms with Crippen molar-refractivity contribution in [1.82, 2.24) is 0 Å². The first-order valence-electron chi connectivity index (χ1n) is 2.97. The van der Waals surface area contributed by atoms with Gasteiger partial charge in [-0.25, -0.2) is 0 Å². The van der Waals surface area contributed by atoms with E-state index in [1.807, 2.05) is 0 Å². The van der Waals surface area contributed by atoms with Gasteiger partial charge in [0.1, 0.15) is 0 Å². The lowest BCUT2D eigenvalue weighted by Gasteiger charge is -1.90. The fourth-order valence-electron chi connectivity index (χ4n) is 0. The summed E-state index contributed by atoms with van der Waals surface area (Å²) in [4.78, 5) is 0. The molecule has 0 heterocycles. The van der Waals surface area contributed by atoms with Crippen molar-refractivity contribution in [3.8, 4) is 0 Å². The van der Waals surface area contributed by atoms with Gasteiger partial charge in [-0.3, -0.25) is 0 Å². The van der Waals surface area contributed by atoms with Crippen LogP contribution in [-0.2, 0) is 0 Å². The van der Waals surface area contributed by atoms with Gasteiger partial charge in [-0.1, -0.05) is 0 Å². The third kappa shape index (κ3) is 77.1. The van der Waals surface area contributed by atoms with Crippen LogP contribution in [0.1, 0.15) is 20.8 Å². The second-order valence-electron chi connectivity index (χ2n) is 2.13. The molecule has 1 atom stereocenters. The predicted molar refractivity (Wildman–Crippen MR) is 36.1 cm³/mol. The van der Waals surface area contributed by atoms with Crippen molar-refractivity contribution in [2.45, 2.75) is 33.0 Å². The first kappa shape index (κ1) is 11.6. The molecule has 0 aliphatic rings. The Morgan fingerprint density at radius 2 is 1.22 bits per heavy atom. The first-order valence-corrected chi connectivity index (χ1v) is 2.97. The summed E-state index contributed by atoms with van der Waals surface area (Å²) in [6, 6.07) is 0. The van der Waals surface area contributed by atoms with Crippen molar-refractivity contribution in [2.24, 2.45) is 0 Å². The van der Waals surface area contributed by atoms with Crippen LogP contribution < -0.4 is 0 Å². The highest BCUT2D eigenvalue weighted by atomic mass is 16.3. The molecule has 0 bridgehead atoms. The van der Waals surface area contributed by atoms with Gasteiger partial charge >= 0.3 is 0 Å². The van der Waals surface area contributed by atoms with Gasteiger partial charge in [0, 0.05) is 6.10 Å². The van der Waals surface area contributed by atoms with Gasteiger partial charge in [0.25, 0.3) is 0 Å². The third-order valence-electron chi connectivity index (χ3n) is 0.264. The van der Waals surface area contributed by atoms with Crippen molar-refractivity contribution in [1.29, 1.82) is 0 Å². The Morgan fingerprint density at radius 3 is 1.22 bits per heavy atom. The Labute approximate surface area is 56.0 Å². The Morgan fingerprint density at radius 1 is 1.11 bits per heavy atom. The van der Waals surface area contributed by atoms with Crippen LogP contribution in [0, 0.1) is 0 Å². The van der Waals surface area contributed by atoms with Crippen molar-refractivity contribution in [2.75, 3.05) is 6.61 Å². The van der Waals surface area contributed by atoms with Crippen LogP contribution in [0.25, 0.3) is 0 Å². The number of aliphatic hydroxyl groups excluding tert-OH is 3. The highest BCUT2D eigenvalue weighted by molar-refractivity contribution is 4.34. The van der Waals surface area contributed by atoms with Gasteiger partial charge in [-0.15, -0.1) is 0 Å². The second kappa shape index (κ2) is 7.88. The molecule has 0 fully saturated rings. The maximum Gasteiger partial charge on any atom is 0.0742 e. The molecule has 0 radical (unpaired) electrons. The minimum absolute atomic E-state index is 0.139. The van der Waals surface area contributed by atoms with Crippen molar-refractivity contribution < 1.29 is 15.3 Å². The van der Waals surface area contributed by atoms with Gasteiger partial charge < -0.3 is 15.3 Å². The highest BCUT2D eigenvalue weighted by Crippen LogP contribution is 1.68. The van der Waals surface area contributed by atoms with Crippen LogP contribution in [0.4, 0.5) is 0 Å². The number of hydrogen-bond donors (Lipinski definition) is 3. The Kier molecular flexibility index (Phi) is 10.2. The molecule has 1 unspecified atom stereocenters. The summed E-state index contributed by atoms with van der Waals surface area (Å²) in [7, 11) is 0. The summed E-state index contributed by atoms with van der Waals surface area (Å²) in [6.45, 7) is 4.83. The lowest BCUT2D eigenvalue weighted by Crippen LogP contribution is -2.03. The van der Waals surface area contributed by atoms with Crippen molar-refractivity contribution in [3.63, 3.8) is 0 Å². The molecule has 0 spiro atoms. The molecule has 0 aliphatic heterocycles. The first-order chi connectivity index (χ1) is 4.00. The number of aliphatic hydroxyl groups is 3. The summed E-state index contributed by atoms with van der Waals surface area (Å²) in [5.74, 6) is 0. The SMILES string of the molecule is CC(C)O.CC(O)CO. The molecule has 3 N–H and O–H groups in total. The average Bonchev–Trinajstić information content (AvgIpc) is 1.65. The van der Waals surface area contributed by atoms with E-state index in [9.17, 15) is 0 Å². The van der Waals surface area contributed by atoms with Gasteiger partial charge in [0.15, 0.2) is 0 Å². The molecule has 0 amide bonds. The molecule has 0 rings (SSSR count). The van der Waals surface area contributed by atoms with E-state index in [1.165, 1.54) is 6.92 Å². The molecular weight excluding hydrogens is 120 g/mol. The predicted octanol–water partition coefficient (Wildman–Crippen LogP) is -0.253. The maximum absolute atomic E-state index is 8.11. The van der Waals surface area contributed by atoms with E-state index in [0.29, 0.717) is 0 Å². The lowest BCUT2D eigenvalue weighted by atomic mass is 10.5. The third-order valence-corrected chi connectivity index (χ3v) is 0.264. The smallest absolute Gasteiger partial charge is 0.0742 e. The van der Waals surface area contributed by atoms with Gasteiger partial charge in [0.2, 0.25) is 0 Å². The monoisotopic (exact) mass is 136 g/mol. The Bertz CT molecular complexity index is 40.8. The van der Waals surface area contributed by atoms with E-state index < -0.39 is 6.10 Å². The number of rotatable bonds is 1. The summed E-state index contributed by atoms with van der Waals surface area (Å²) in [5, 5.41) is 24.1. The van der Waals surface area contributed by atoms with Crippen molar-refractivity contribution in [3.05, 3.63) is 0 Å². The highest BCUT2D eigenvalue weighted by Gasteiger charge is 1.83. The molecule has 0 aromatic heterocycles. The quantitative estimate of drug-likeness (QED) is 0.465. The summed E-state index contributed by atoms with van der Waals surface area (Å²) >= 11 is 0. The van der Waals surface area contributed by atoms with Crippen LogP contribution in [0.3, 0.4) is 0 Å². The molecule has 3 nitrogen and oxygen atoms in total. The molecule has 58 valence electrons. The van der Waals surface area contributed by atoms with E-state index in [-0.39, 0.29) is 12.7 Å². The fraction of sp³-hybridized carbons (Fsp3) is 1.00. The zero-order valence-electron chi connectivity index (χ0n) is 6.20.